The standard InChI is InChI=1S/C33H32N2O4/c1-39-31-21-11-5-15-25(31)33(24-14-4-10-20-30(24)38)35-27-17-7-6-16-26(27)34-32(22-12-2-8-18-28(22)36)23-13-3-9-19-29(23)37/h2-5,8-15,18-21,26-27,36-38H,6-7,16-17H2,1H3/t26-,27-/m1/s1. The molecule has 198 valence electrons. The number of aliphatic imine (C=N–C) groups is 2. The molecule has 0 saturated heterocycles. The number of para-hydroxylation sites is 4. The molecule has 4 aromatic rings. The summed E-state index contributed by atoms with van der Waals surface area (Å²) in [6.45, 7) is 0. The first-order valence-electron chi connectivity index (χ1n) is 13.2. The van der Waals surface area contributed by atoms with Crippen molar-refractivity contribution in [2.75, 3.05) is 7.11 Å². The van der Waals surface area contributed by atoms with Crippen molar-refractivity contribution in [3.8, 4) is 23.0 Å². The predicted molar refractivity (Wildman–Crippen MR) is 155 cm³/mol. The van der Waals surface area contributed by atoms with Crippen molar-refractivity contribution < 1.29 is 20.1 Å². The van der Waals surface area contributed by atoms with Gasteiger partial charge in [0.2, 0.25) is 0 Å². The van der Waals surface area contributed by atoms with Gasteiger partial charge >= 0.3 is 0 Å². The van der Waals surface area contributed by atoms with E-state index in [4.69, 9.17) is 14.7 Å². The molecule has 0 radical (unpaired) electrons. The normalized spacial score (nSPS) is 17.4. The summed E-state index contributed by atoms with van der Waals surface area (Å²) in [4.78, 5) is 10.4. The number of benzene rings is 4. The zero-order chi connectivity index (χ0) is 27.2. The van der Waals surface area contributed by atoms with Gasteiger partial charge in [0.05, 0.1) is 30.6 Å². The maximum absolute atomic E-state index is 10.8. The number of methoxy groups -OCH3 is 1. The van der Waals surface area contributed by atoms with Gasteiger partial charge < -0.3 is 20.1 Å². The van der Waals surface area contributed by atoms with Crippen molar-refractivity contribution in [3.63, 3.8) is 0 Å². The molecule has 39 heavy (non-hydrogen) atoms. The van der Waals surface area contributed by atoms with Crippen molar-refractivity contribution in [2.24, 2.45) is 9.98 Å². The highest BCUT2D eigenvalue weighted by molar-refractivity contribution is 6.17. The van der Waals surface area contributed by atoms with E-state index in [1.165, 1.54) is 0 Å². The monoisotopic (exact) mass is 520 g/mol. The Labute approximate surface area is 228 Å². The van der Waals surface area contributed by atoms with Gasteiger partial charge in [-0.3, -0.25) is 9.98 Å². The Bertz CT molecular complexity index is 1460. The fourth-order valence-corrected chi connectivity index (χ4v) is 5.15. The molecule has 0 heterocycles. The molecule has 0 aromatic heterocycles. The summed E-state index contributed by atoms with van der Waals surface area (Å²) < 4.78 is 5.66. The van der Waals surface area contributed by atoms with Crippen LogP contribution in [0, 0.1) is 0 Å². The first kappa shape index (κ1) is 26.0. The fourth-order valence-electron chi connectivity index (χ4n) is 5.15. The van der Waals surface area contributed by atoms with Gasteiger partial charge in [-0.2, -0.15) is 0 Å². The van der Waals surface area contributed by atoms with Gasteiger partial charge in [-0.15, -0.1) is 0 Å². The second-order valence-electron chi connectivity index (χ2n) is 9.63. The van der Waals surface area contributed by atoms with Crippen LogP contribution < -0.4 is 4.74 Å². The van der Waals surface area contributed by atoms with E-state index < -0.39 is 0 Å². The van der Waals surface area contributed by atoms with Gasteiger partial charge in [0.1, 0.15) is 23.0 Å². The molecule has 6 nitrogen and oxygen atoms in total. The van der Waals surface area contributed by atoms with Crippen molar-refractivity contribution in [1.29, 1.82) is 0 Å². The number of aromatic hydroxyl groups is 3. The minimum atomic E-state index is -0.205. The molecule has 1 aliphatic carbocycles. The lowest BCUT2D eigenvalue weighted by atomic mass is 9.89. The molecule has 0 aliphatic heterocycles. The van der Waals surface area contributed by atoms with Gasteiger partial charge in [-0.05, 0) is 61.4 Å². The van der Waals surface area contributed by atoms with Crippen molar-refractivity contribution in [3.05, 3.63) is 119 Å². The maximum atomic E-state index is 10.8. The first-order valence-corrected chi connectivity index (χ1v) is 13.2. The summed E-state index contributed by atoms with van der Waals surface area (Å²) in [5, 5.41) is 32.3. The molecule has 2 atom stereocenters. The molecule has 0 bridgehead atoms. The summed E-state index contributed by atoms with van der Waals surface area (Å²) >= 11 is 0. The maximum Gasteiger partial charge on any atom is 0.128 e. The lowest BCUT2D eigenvalue weighted by Gasteiger charge is -2.28. The SMILES string of the molecule is COc1ccccc1C(=N[C@@H]1CCCC[C@H]1N=C(c1ccccc1O)c1ccccc1O)c1ccccc1O. The largest absolute Gasteiger partial charge is 0.507 e. The second-order valence-corrected chi connectivity index (χ2v) is 9.63. The summed E-state index contributed by atoms with van der Waals surface area (Å²) in [5.41, 5.74) is 3.69. The summed E-state index contributed by atoms with van der Waals surface area (Å²) in [6.07, 6.45) is 3.62. The molecular weight excluding hydrogens is 488 g/mol. The van der Waals surface area contributed by atoms with E-state index in [2.05, 4.69) is 0 Å². The molecule has 6 heteroatoms. The van der Waals surface area contributed by atoms with Gasteiger partial charge in [-0.1, -0.05) is 61.4 Å². The number of hydrogen-bond acceptors (Lipinski definition) is 6. The Kier molecular flexibility index (Phi) is 7.92. The summed E-state index contributed by atoms with van der Waals surface area (Å²) in [6, 6.07) is 28.5. The number of phenolic OH excluding ortho intramolecular Hbond substituents is 3. The van der Waals surface area contributed by atoms with Crippen LogP contribution in [-0.2, 0) is 0 Å². The molecular formula is C33H32N2O4. The molecule has 0 amide bonds. The quantitative estimate of drug-likeness (QED) is 0.243. The Morgan fingerprint density at radius 2 is 0.923 bits per heavy atom. The number of nitrogens with zero attached hydrogens (tertiary/aromatic N) is 2. The van der Waals surface area contributed by atoms with Crippen LogP contribution in [0.3, 0.4) is 0 Å². The zero-order valence-electron chi connectivity index (χ0n) is 21.9. The van der Waals surface area contributed by atoms with Gasteiger partial charge in [-0.25, -0.2) is 0 Å². The van der Waals surface area contributed by atoms with Crippen molar-refractivity contribution in [1.82, 2.24) is 0 Å². The van der Waals surface area contributed by atoms with Crippen LogP contribution in [0.2, 0.25) is 0 Å². The van der Waals surface area contributed by atoms with E-state index >= 15 is 0 Å². The third-order valence-electron chi connectivity index (χ3n) is 7.12. The zero-order valence-corrected chi connectivity index (χ0v) is 21.9. The Morgan fingerprint density at radius 1 is 0.564 bits per heavy atom. The Hall–Kier alpha value is -4.58. The highest BCUT2D eigenvalue weighted by Gasteiger charge is 2.28. The van der Waals surface area contributed by atoms with Crippen LogP contribution in [0.25, 0.3) is 0 Å². The first-order chi connectivity index (χ1) is 19.1. The minimum Gasteiger partial charge on any atom is -0.507 e. The van der Waals surface area contributed by atoms with E-state index in [-0.39, 0.29) is 29.3 Å². The highest BCUT2D eigenvalue weighted by atomic mass is 16.5. The molecule has 0 spiro atoms. The van der Waals surface area contributed by atoms with Crippen LogP contribution >= 0.6 is 0 Å². The van der Waals surface area contributed by atoms with Crippen LogP contribution in [0.15, 0.2) is 107 Å². The van der Waals surface area contributed by atoms with E-state index in [1.807, 2.05) is 60.7 Å². The number of hydrogen-bond donors (Lipinski definition) is 3. The molecule has 1 aliphatic rings. The average Bonchev–Trinajstić information content (AvgIpc) is 2.97. The topological polar surface area (TPSA) is 94.6 Å². The molecule has 1 fully saturated rings. The minimum absolute atomic E-state index is 0.0966. The van der Waals surface area contributed by atoms with Gasteiger partial charge in [0, 0.05) is 22.3 Å². The molecule has 5 rings (SSSR count). The van der Waals surface area contributed by atoms with Crippen LogP contribution in [0.5, 0.6) is 23.0 Å². The van der Waals surface area contributed by atoms with Gasteiger partial charge in [0.15, 0.2) is 0 Å². The Morgan fingerprint density at radius 3 is 1.33 bits per heavy atom. The van der Waals surface area contributed by atoms with Crippen LogP contribution in [0.4, 0.5) is 0 Å². The smallest absolute Gasteiger partial charge is 0.128 e. The van der Waals surface area contributed by atoms with Crippen molar-refractivity contribution in [2.45, 2.75) is 37.8 Å². The number of phenols is 3. The fraction of sp³-hybridized carbons (Fsp3) is 0.212. The lowest BCUT2D eigenvalue weighted by Crippen LogP contribution is -2.30. The summed E-state index contributed by atoms with van der Waals surface area (Å²) in [5.74, 6) is 1.00. The lowest BCUT2D eigenvalue weighted by molar-refractivity contribution is 0.388. The molecule has 3 N–H and O–H groups in total. The predicted octanol–water partition coefficient (Wildman–Crippen LogP) is 6.50. The van der Waals surface area contributed by atoms with Gasteiger partial charge in [0.25, 0.3) is 0 Å². The van der Waals surface area contributed by atoms with Crippen LogP contribution in [0.1, 0.15) is 47.9 Å². The summed E-state index contributed by atoms with van der Waals surface area (Å²) in [7, 11) is 1.62. The average molecular weight is 521 g/mol. The molecule has 4 aromatic carbocycles. The van der Waals surface area contributed by atoms with E-state index in [0.717, 1.165) is 31.2 Å². The Balaban J connectivity index is 1.67. The molecule has 1 saturated carbocycles. The number of rotatable bonds is 7. The third-order valence-corrected chi connectivity index (χ3v) is 7.12. The van der Waals surface area contributed by atoms with E-state index in [0.29, 0.717) is 33.9 Å². The molecule has 0 unspecified atom stereocenters. The van der Waals surface area contributed by atoms with E-state index in [1.54, 1.807) is 43.5 Å². The highest BCUT2D eigenvalue weighted by Crippen LogP contribution is 2.33. The van der Waals surface area contributed by atoms with Crippen molar-refractivity contribution >= 4 is 11.4 Å². The third kappa shape index (κ3) is 5.65. The van der Waals surface area contributed by atoms with Crippen LogP contribution in [-0.4, -0.2) is 45.9 Å². The number of ether oxygens (including phenoxy) is 1. The second kappa shape index (κ2) is 11.9. The van der Waals surface area contributed by atoms with E-state index in [9.17, 15) is 15.3 Å².